The first-order valence-corrected chi connectivity index (χ1v) is 9.44. The number of morpholine rings is 1. The van der Waals surface area contributed by atoms with Crippen LogP contribution >= 0.6 is 11.6 Å². The Kier molecular flexibility index (Phi) is 5.24. The van der Waals surface area contributed by atoms with Crippen molar-refractivity contribution in [3.8, 4) is 0 Å². The summed E-state index contributed by atoms with van der Waals surface area (Å²) in [5.74, 6) is 1.79. The van der Waals surface area contributed by atoms with Crippen LogP contribution in [-0.4, -0.2) is 54.0 Å². The largest absolute Gasteiger partial charge is 0.394 e. The molecule has 0 saturated carbocycles. The summed E-state index contributed by atoms with van der Waals surface area (Å²) in [4.78, 5) is 13.3. The van der Waals surface area contributed by atoms with E-state index in [1.165, 1.54) is 0 Å². The number of aromatic nitrogens is 2. The number of hydrogen-bond donors (Lipinski definition) is 1. The molecule has 0 spiro atoms. The normalized spacial score (nSPS) is 23.5. The number of nitrogens with zero attached hydrogens (tertiary/aromatic N) is 4. The van der Waals surface area contributed by atoms with Gasteiger partial charge in [-0.1, -0.05) is 23.7 Å². The highest BCUT2D eigenvalue weighted by atomic mass is 35.5. The molecule has 2 aromatic rings. The molecule has 7 heteroatoms. The van der Waals surface area contributed by atoms with Gasteiger partial charge >= 0.3 is 0 Å². The van der Waals surface area contributed by atoms with Crippen molar-refractivity contribution in [2.45, 2.75) is 25.0 Å². The lowest BCUT2D eigenvalue weighted by Gasteiger charge is -2.34. The molecule has 2 aliphatic rings. The van der Waals surface area contributed by atoms with E-state index in [9.17, 15) is 5.11 Å². The summed E-state index contributed by atoms with van der Waals surface area (Å²) in [6, 6.07) is 9.99. The maximum absolute atomic E-state index is 9.57. The van der Waals surface area contributed by atoms with Crippen LogP contribution in [0.5, 0.6) is 0 Å². The summed E-state index contributed by atoms with van der Waals surface area (Å²) in [5, 5.41) is 10.3. The Bertz CT molecular complexity index is 743. The van der Waals surface area contributed by atoms with Gasteiger partial charge in [0.2, 0.25) is 0 Å². The standard InChI is InChI=1S/C19H23ClN4O2/c20-15-5-3-14(4-6-15)17-11-23(8-9-26-17)18-10-19(22-13-21-18)24-7-1-2-16(24)12-25/h3-6,10,13,16-17,25H,1-2,7-9,11-12H2. The molecule has 1 aromatic heterocycles. The number of hydrogen-bond acceptors (Lipinski definition) is 6. The van der Waals surface area contributed by atoms with Crippen molar-refractivity contribution in [2.24, 2.45) is 0 Å². The smallest absolute Gasteiger partial charge is 0.134 e. The van der Waals surface area contributed by atoms with E-state index in [-0.39, 0.29) is 18.8 Å². The highest BCUT2D eigenvalue weighted by Crippen LogP contribution is 2.29. The Balaban J connectivity index is 1.52. The van der Waals surface area contributed by atoms with Crippen molar-refractivity contribution in [3.63, 3.8) is 0 Å². The fraction of sp³-hybridized carbons (Fsp3) is 0.474. The summed E-state index contributed by atoms with van der Waals surface area (Å²) < 4.78 is 5.95. The van der Waals surface area contributed by atoms with Gasteiger partial charge < -0.3 is 19.6 Å². The molecule has 26 heavy (non-hydrogen) atoms. The first-order chi connectivity index (χ1) is 12.7. The predicted octanol–water partition coefficient (Wildman–Crippen LogP) is 2.67. The molecule has 3 heterocycles. The molecule has 1 N–H and O–H groups in total. The monoisotopic (exact) mass is 374 g/mol. The fourth-order valence-corrected chi connectivity index (χ4v) is 3.86. The third-order valence-corrected chi connectivity index (χ3v) is 5.40. The fourth-order valence-electron chi connectivity index (χ4n) is 3.73. The number of ether oxygens (including phenoxy) is 1. The van der Waals surface area contributed by atoms with Crippen molar-refractivity contribution in [1.82, 2.24) is 9.97 Å². The molecular formula is C19H23ClN4O2. The zero-order valence-corrected chi connectivity index (χ0v) is 15.3. The van der Waals surface area contributed by atoms with E-state index in [0.29, 0.717) is 6.61 Å². The van der Waals surface area contributed by atoms with E-state index in [1.807, 2.05) is 30.3 Å². The third kappa shape index (κ3) is 3.63. The molecule has 0 amide bonds. The number of aliphatic hydroxyl groups is 1. The maximum Gasteiger partial charge on any atom is 0.134 e. The predicted molar refractivity (Wildman–Crippen MR) is 102 cm³/mol. The Labute approximate surface area is 158 Å². The molecule has 0 radical (unpaired) electrons. The topological polar surface area (TPSA) is 61.7 Å². The Hall–Kier alpha value is -1.89. The second kappa shape index (κ2) is 7.78. The van der Waals surface area contributed by atoms with Gasteiger partial charge in [-0.05, 0) is 30.5 Å². The van der Waals surface area contributed by atoms with Crippen LogP contribution in [0.3, 0.4) is 0 Å². The van der Waals surface area contributed by atoms with E-state index in [4.69, 9.17) is 16.3 Å². The van der Waals surface area contributed by atoms with Crippen LogP contribution in [0.25, 0.3) is 0 Å². The van der Waals surface area contributed by atoms with E-state index >= 15 is 0 Å². The van der Waals surface area contributed by atoms with Gasteiger partial charge in [-0.15, -0.1) is 0 Å². The van der Waals surface area contributed by atoms with Gasteiger partial charge in [0.25, 0.3) is 0 Å². The van der Waals surface area contributed by atoms with Crippen molar-refractivity contribution in [1.29, 1.82) is 0 Å². The summed E-state index contributed by atoms with van der Waals surface area (Å²) in [6.07, 6.45) is 3.70. The van der Waals surface area contributed by atoms with Crippen LogP contribution in [0.4, 0.5) is 11.6 Å². The quantitative estimate of drug-likeness (QED) is 0.887. The van der Waals surface area contributed by atoms with Crippen molar-refractivity contribution in [2.75, 3.05) is 42.6 Å². The first kappa shape index (κ1) is 17.5. The van der Waals surface area contributed by atoms with Crippen molar-refractivity contribution >= 4 is 23.2 Å². The van der Waals surface area contributed by atoms with Crippen LogP contribution in [0, 0.1) is 0 Å². The number of halogens is 1. The van der Waals surface area contributed by atoms with E-state index < -0.39 is 0 Å². The molecule has 1 aromatic carbocycles. The maximum atomic E-state index is 9.57. The van der Waals surface area contributed by atoms with Crippen LogP contribution < -0.4 is 9.80 Å². The molecule has 0 aliphatic carbocycles. The van der Waals surface area contributed by atoms with Gasteiger partial charge in [0.15, 0.2) is 0 Å². The lowest BCUT2D eigenvalue weighted by molar-refractivity contribution is 0.0395. The highest BCUT2D eigenvalue weighted by Gasteiger charge is 2.27. The zero-order valence-electron chi connectivity index (χ0n) is 14.6. The van der Waals surface area contributed by atoms with Crippen molar-refractivity contribution < 1.29 is 9.84 Å². The minimum atomic E-state index is -0.00333. The van der Waals surface area contributed by atoms with Crippen LogP contribution in [-0.2, 0) is 4.74 Å². The minimum Gasteiger partial charge on any atom is -0.394 e. The molecule has 138 valence electrons. The highest BCUT2D eigenvalue weighted by molar-refractivity contribution is 6.30. The molecule has 2 saturated heterocycles. The van der Waals surface area contributed by atoms with Crippen molar-refractivity contribution in [3.05, 3.63) is 47.2 Å². The number of benzene rings is 1. The van der Waals surface area contributed by atoms with E-state index in [0.717, 1.165) is 54.7 Å². The second-order valence-corrected chi connectivity index (χ2v) is 7.20. The molecule has 2 fully saturated rings. The van der Waals surface area contributed by atoms with E-state index in [2.05, 4.69) is 19.8 Å². The SMILES string of the molecule is OCC1CCCN1c1cc(N2CCOC(c3ccc(Cl)cc3)C2)ncn1. The van der Waals surface area contributed by atoms with Crippen LogP contribution in [0.15, 0.2) is 36.7 Å². The van der Waals surface area contributed by atoms with Gasteiger partial charge in [0.05, 0.1) is 19.3 Å². The van der Waals surface area contributed by atoms with Gasteiger partial charge in [-0.25, -0.2) is 9.97 Å². The molecular weight excluding hydrogens is 352 g/mol. The average molecular weight is 375 g/mol. The van der Waals surface area contributed by atoms with Crippen LogP contribution in [0.2, 0.25) is 5.02 Å². The Morgan fingerprint density at radius 2 is 1.96 bits per heavy atom. The number of anilines is 2. The van der Waals surface area contributed by atoms with Crippen LogP contribution in [0.1, 0.15) is 24.5 Å². The Morgan fingerprint density at radius 1 is 1.15 bits per heavy atom. The van der Waals surface area contributed by atoms with Gasteiger partial charge in [-0.2, -0.15) is 0 Å². The Morgan fingerprint density at radius 3 is 2.77 bits per heavy atom. The number of rotatable bonds is 4. The summed E-state index contributed by atoms with van der Waals surface area (Å²) in [6.45, 7) is 3.27. The summed E-state index contributed by atoms with van der Waals surface area (Å²) >= 11 is 5.99. The summed E-state index contributed by atoms with van der Waals surface area (Å²) in [5.41, 5.74) is 1.12. The average Bonchev–Trinajstić information content (AvgIpc) is 3.18. The lowest BCUT2D eigenvalue weighted by Crippen LogP contribution is -2.39. The third-order valence-electron chi connectivity index (χ3n) is 5.15. The van der Waals surface area contributed by atoms with E-state index in [1.54, 1.807) is 6.33 Å². The first-order valence-electron chi connectivity index (χ1n) is 9.06. The summed E-state index contributed by atoms with van der Waals surface area (Å²) in [7, 11) is 0. The zero-order chi connectivity index (χ0) is 17.9. The molecule has 4 rings (SSSR count). The molecule has 0 bridgehead atoms. The number of aliphatic hydroxyl groups excluding tert-OH is 1. The van der Waals surface area contributed by atoms with Gasteiger partial charge in [0, 0.05) is 30.7 Å². The second-order valence-electron chi connectivity index (χ2n) is 6.76. The van der Waals surface area contributed by atoms with Gasteiger partial charge in [0.1, 0.15) is 24.1 Å². The molecule has 2 atom stereocenters. The van der Waals surface area contributed by atoms with Gasteiger partial charge in [-0.3, -0.25) is 0 Å². The molecule has 2 unspecified atom stereocenters. The molecule has 2 aliphatic heterocycles. The lowest BCUT2D eigenvalue weighted by atomic mass is 10.1. The minimum absolute atomic E-state index is 0.00333. The molecule has 6 nitrogen and oxygen atoms in total.